The first kappa shape index (κ1) is 12.3. The van der Waals surface area contributed by atoms with Crippen molar-refractivity contribution >= 4 is 34.3 Å². The highest BCUT2D eigenvalue weighted by molar-refractivity contribution is 8.00. The molecule has 0 atom stereocenters. The molecule has 2 rings (SSSR count). The van der Waals surface area contributed by atoms with Gasteiger partial charge in [0.25, 0.3) is 5.69 Å². The highest BCUT2D eigenvalue weighted by Crippen LogP contribution is 2.32. The SMILES string of the molecule is O=C(O)CSc1ccc([N+](=O)[O-])c2ncccc12. The maximum Gasteiger partial charge on any atom is 0.313 e. The fourth-order valence-electron chi connectivity index (χ4n) is 1.54. The first-order valence-corrected chi connectivity index (χ1v) is 5.95. The van der Waals surface area contributed by atoms with Crippen molar-refractivity contribution in [3.05, 3.63) is 40.6 Å². The lowest BCUT2D eigenvalue weighted by Crippen LogP contribution is -1.98. The minimum absolute atomic E-state index is 0.0784. The van der Waals surface area contributed by atoms with Crippen LogP contribution in [0, 0.1) is 10.1 Å². The van der Waals surface area contributed by atoms with Crippen molar-refractivity contribution in [2.75, 3.05) is 5.75 Å². The number of fused-ring (bicyclic) bond motifs is 1. The summed E-state index contributed by atoms with van der Waals surface area (Å²) in [6.45, 7) is 0. The summed E-state index contributed by atoms with van der Waals surface area (Å²) in [5, 5.41) is 20.1. The molecule has 1 aromatic carbocycles. The van der Waals surface area contributed by atoms with Gasteiger partial charge < -0.3 is 5.11 Å². The smallest absolute Gasteiger partial charge is 0.313 e. The Hall–Kier alpha value is -2.15. The van der Waals surface area contributed by atoms with Crippen molar-refractivity contribution in [1.82, 2.24) is 4.98 Å². The lowest BCUT2D eigenvalue weighted by molar-refractivity contribution is -0.383. The fourth-order valence-corrected chi connectivity index (χ4v) is 2.31. The number of nitro groups is 1. The topological polar surface area (TPSA) is 93.3 Å². The Morgan fingerprint density at radius 2 is 2.22 bits per heavy atom. The van der Waals surface area contributed by atoms with E-state index in [1.165, 1.54) is 12.3 Å². The van der Waals surface area contributed by atoms with Gasteiger partial charge in [-0.25, -0.2) is 4.98 Å². The third-order valence-corrected chi connectivity index (χ3v) is 3.31. The zero-order valence-corrected chi connectivity index (χ0v) is 9.88. The maximum atomic E-state index is 10.9. The molecule has 0 aliphatic heterocycles. The number of aromatic nitrogens is 1. The van der Waals surface area contributed by atoms with E-state index >= 15 is 0 Å². The molecule has 1 aromatic heterocycles. The molecule has 0 spiro atoms. The monoisotopic (exact) mass is 264 g/mol. The van der Waals surface area contributed by atoms with Gasteiger partial charge in [-0.15, -0.1) is 11.8 Å². The Morgan fingerprint density at radius 3 is 2.89 bits per heavy atom. The summed E-state index contributed by atoms with van der Waals surface area (Å²) in [6.07, 6.45) is 1.47. The first-order valence-electron chi connectivity index (χ1n) is 4.96. The fraction of sp³-hybridized carbons (Fsp3) is 0.0909. The molecule has 0 aliphatic rings. The summed E-state index contributed by atoms with van der Waals surface area (Å²) < 4.78 is 0. The number of benzene rings is 1. The molecule has 6 nitrogen and oxygen atoms in total. The molecule has 0 bridgehead atoms. The summed E-state index contributed by atoms with van der Waals surface area (Å²) >= 11 is 1.12. The molecule has 0 aliphatic carbocycles. The molecular weight excluding hydrogens is 256 g/mol. The van der Waals surface area contributed by atoms with E-state index in [0.717, 1.165) is 11.8 Å². The van der Waals surface area contributed by atoms with Crippen molar-refractivity contribution in [2.45, 2.75) is 4.90 Å². The Balaban J connectivity index is 2.53. The van der Waals surface area contributed by atoms with Crippen LogP contribution in [0.5, 0.6) is 0 Å². The minimum atomic E-state index is -0.935. The molecule has 7 heteroatoms. The first-order chi connectivity index (χ1) is 8.59. The molecule has 2 aromatic rings. The van der Waals surface area contributed by atoms with Crippen LogP contribution in [0.2, 0.25) is 0 Å². The molecule has 0 radical (unpaired) electrons. The van der Waals surface area contributed by atoms with Crippen LogP contribution in [-0.4, -0.2) is 26.7 Å². The number of rotatable bonds is 4. The number of carboxylic acid groups (broad SMARTS) is 1. The molecule has 18 heavy (non-hydrogen) atoms. The molecule has 0 saturated heterocycles. The number of thioether (sulfide) groups is 1. The van der Waals surface area contributed by atoms with Crippen molar-refractivity contribution in [3.63, 3.8) is 0 Å². The standard InChI is InChI=1S/C11H8N2O4S/c14-10(15)6-18-9-4-3-8(13(16)17)11-7(9)2-1-5-12-11/h1-5H,6H2,(H,14,15). The third kappa shape index (κ3) is 2.40. The van der Waals surface area contributed by atoms with Crippen LogP contribution in [-0.2, 0) is 4.79 Å². The molecule has 0 fully saturated rings. The van der Waals surface area contributed by atoms with E-state index in [0.29, 0.717) is 10.3 Å². The van der Waals surface area contributed by atoms with Crippen molar-refractivity contribution in [2.24, 2.45) is 0 Å². The van der Waals surface area contributed by atoms with Crippen LogP contribution >= 0.6 is 11.8 Å². The number of carboxylic acids is 1. The Kier molecular flexibility index (Phi) is 3.42. The average molecular weight is 264 g/mol. The van der Waals surface area contributed by atoms with Crippen LogP contribution in [0.1, 0.15) is 0 Å². The van der Waals surface area contributed by atoms with Gasteiger partial charge in [-0.1, -0.05) is 0 Å². The van der Waals surface area contributed by atoms with E-state index in [4.69, 9.17) is 5.11 Å². The number of hydrogen-bond donors (Lipinski definition) is 1. The van der Waals surface area contributed by atoms with Crippen molar-refractivity contribution in [3.8, 4) is 0 Å². The average Bonchev–Trinajstić information content (AvgIpc) is 2.35. The van der Waals surface area contributed by atoms with Crippen LogP contribution in [0.4, 0.5) is 5.69 Å². The number of hydrogen-bond acceptors (Lipinski definition) is 5. The van der Waals surface area contributed by atoms with Gasteiger partial charge in [0.2, 0.25) is 0 Å². The second-order valence-electron chi connectivity index (χ2n) is 3.42. The van der Waals surface area contributed by atoms with E-state index in [1.807, 2.05) is 0 Å². The second kappa shape index (κ2) is 5.01. The maximum absolute atomic E-state index is 10.9. The van der Waals surface area contributed by atoms with Gasteiger partial charge in [0.1, 0.15) is 5.52 Å². The summed E-state index contributed by atoms with van der Waals surface area (Å²) in [6, 6.07) is 6.26. The Bertz CT molecular complexity index is 629. The van der Waals surface area contributed by atoms with E-state index in [-0.39, 0.29) is 17.0 Å². The van der Waals surface area contributed by atoms with Crippen molar-refractivity contribution < 1.29 is 14.8 Å². The number of carbonyl (C=O) groups is 1. The number of nitro benzene ring substituents is 1. The summed E-state index contributed by atoms with van der Waals surface area (Å²) in [5.41, 5.74) is 0.197. The van der Waals surface area contributed by atoms with Crippen LogP contribution < -0.4 is 0 Å². The quantitative estimate of drug-likeness (QED) is 0.517. The summed E-state index contributed by atoms with van der Waals surface area (Å²) in [4.78, 5) is 25.6. The van der Waals surface area contributed by atoms with E-state index < -0.39 is 10.9 Å². The predicted molar refractivity (Wildman–Crippen MR) is 66.8 cm³/mol. The van der Waals surface area contributed by atoms with Crippen LogP contribution in [0.3, 0.4) is 0 Å². The number of aliphatic carboxylic acids is 1. The normalized spacial score (nSPS) is 10.4. The van der Waals surface area contributed by atoms with E-state index in [2.05, 4.69) is 4.98 Å². The van der Waals surface area contributed by atoms with E-state index in [9.17, 15) is 14.9 Å². The van der Waals surface area contributed by atoms with Gasteiger partial charge in [-0.05, 0) is 18.2 Å². The van der Waals surface area contributed by atoms with Gasteiger partial charge in [-0.2, -0.15) is 0 Å². The van der Waals surface area contributed by atoms with E-state index in [1.54, 1.807) is 18.2 Å². The van der Waals surface area contributed by atoms with Gasteiger partial charge in [0.15, 0.2) is 0 Å². The van der Waals surface area contributed by atoms with Crippen LogP contribution in [0.15, 0.2) is 35.4 Å². The molecule has 0 amide bonds. The molecular formula is C11H8N2O4S. The second-order valence-corrected chi connectivity index (χ2v) is 4.44. The Morgan fingerprint density at radius 1 is 1.44 bits per heavy atom. The number of non-ortho nitro benzene ring substituents is 1. The minimum Gasteiger partial charge on any atom is -0.481 e. The molecule has 0 unspecified atom stereocenters. The molecule has 1 heterocycles. The summed E-state index contributed by atoms with van der Waals surface area (Å²) in [5.74, 6) is -1.03. The third-order valence-electron chi connectivity index (χ3n) is 2.26. The van der Waals surface area contributed by atoms with Crippen molar-refractivity contribution in [1.29, 1.82) is 0 Å². The van der Waals surface area contributed by atoms with Gasteiger partial charge in [-0.3, -0.25) is 14.9 Å². The zero-order chi connectivity index (χ0) is 13.1. The number of pyridine rings is 1. The lowest BCUT2D eigenvalue weighted by atomic mass is 10.2. The Labute approximate surface area is 106 Å². The van der Waals surface area contributed by atoms with Gasteiger partial charge in [0, 0.05) is 22.5 Å². The number of nitrogens with zero attached hydrogens (tertiary/aromatic N) is 2. The molecule has 1 N–H and O–H groups in total. The highest BCUT2D eigenvalue weighted by Gasteiger charge is 2.15. The van der Waals surface area contributed by atoms with Gasteiger partial charge >= 0.3 is 5.97 Å². The largest absolute Gasteiger partial charge is 0.481 e. The zero-order valence-electron chi connectivity index (χ0n) is 9.07. The van der Waals surface area contributed by atoms with Crippen LogP contribution in [0.25, 0.3) is 10.9 Å². The van der Waals surface area contributed by atoms with Gasteiger partial charge in [0.05, 0.1) is 10.7 Å². The molecule has 0 saturated carbocycles. The lowest BCUT2D eigenvalue weighted by Gasteiger charge is -2.04. The highest BCUT2D eigenvalue weighted by atomic mass is 32.2. The predicted octanol–water partition coefficient (Wildman–Crippen LogP) is 2.32. The summed E-state index contributed by atoms with van der Waals surface area (Å²) in [7, 11) is 0. The molecule has 92 valence electrons.